The molecule has 19 heavy (non-hydrogen) atoms. The van der Waals surface area contributed by atoms with Crippen LogP contribution in [0.3, 0.4) is 0 Å². The summed E-state index contributed by atoms with van der Waals surface area (Å²) in [6.45, 7) is 3.70. The number of nitrogens with zero attached hydrogens (tertiary/aromatic N) is 3. The summed E-state index contributed by atoms with van der Waals surface area (Å²) in [7, 11) is 0. The fraction of sp³-hybridized carbons (Fsp3) is 0.357. The number of carbonyl (C=O) groups is 1. The summed E-state index contributed by atoms with van der Waals surface area (Å²) in [4.78, 5) is 11.9. The van der Waals surface area contributed by atoms with Crippen LogP contribution in [0.15, 0.2) is 29.4 Å². The molecule has 1 aromatic carbocycles. The Hall–Kier alpha value is -2.19. The van der Waals surface area contributed by atoms with E-state index < -0.39 is 11.6 Å². The third-order valence-corrected chi connectivity index (χ3v) is 3.10. The van der Waals surface area contributed by atoms with Crippen LogP contribution >= 0.6 is 0 Å². The van der Waals surface area contributed by atoms with Gasteiger partial charge in [-0.15, -0.1) is 0 Å². The number of hydrogen-bond acceptors (Lipinski definition) is 4. The first-order valence-corrected chi connectivity index (χ1v) is 6.01. The number of hydrazone groups is 1. The van der Waals surface area contributed by atoms with Crippen molar-refractivity contribution in [2.24, 2.45) is 5.10 Å². The van der Waals surface area contributed by atoms with Crippen molar-refractivity contribution in [1.82, 2.24) is 5.01 Å². The molecule has 5 nitrogen and oxygen atoms in total. The molecule has 0 saturated heterocycles. The molecule has 0 aliphatic carbocycles. The van der Waals surface area contributed by atoms with Gasteiger partial charge in [0.2, 0.25) is 0 Å². The van der Waals surface area contributed by atoms with Crippen LogP contribution in [0, 0.1) is 18.3 Å². The molecular formula is C14H15N3O2. The smallest absolute Gasteiger partial charge is 0.259 e. The van der Waals surface area contributed by atoms with Crippen LogP contribution in [-0.2, 0) is 10.5 Å². The van der Waals surface area contributed by atoms with Gasteiger partial charge in [0.05, 0.1) is 6.07 Å². The normalized spacial score (nSPS) is 22.0. The minimum absolute atomic E-state index is 0.257. The zero-order valence-electron chi connectivity index (χ0n) is 10.9. The fourth-order valence-electron chi connectivity index (χ4n) is 2.17. The summed E-state index contributed by atoms with van der Waals surface area (Å²) >= 11 is 0. The molecular weight excluding hydrogens is 242 g/mol. The summed E-state index contributed by atoms with van der Waals surface area (Å²) < 4.78 is 0. The molecule has 1 aromatic rings. The lowest BCUT2D eigenvalue weighted by Gasteiger charge is -2.31. The van der Waals surface area contributed by atoms with Crippen molar-refractivity contribution < 1.29 is 9.90 Å². The van der Waals surface area contributed by atoms with Crippen LogP contribution in [-0.4, -0.2) is 21.7 Å². The minimum atomic E-state index is -1.48. The van der Waals surface area contributed by atoms with Crippen LogP contribution in [0.5, 0.6) is 0 Å². The van der Waals surface area contributed by atoms with Crippen molar-refractivity contribution in [3.05, 3.63) is 35.4 Å². The average Bonchev–Trinajstić information content (AvgIpc) is 2.67. The van der Waals surface area contributed by atoms with Crippen molar-refractivity contribution >= 4 is 11.6 Å². The summed E-state index contributed by atoms with van der Waals surface area (Å²) in [5.41, 5.74) is 0.850. The van der Waals surface area contributed by atoms with E-state index in [-0.39, 0.29) is 12.8 Å². The first kappa shape index (κ1) is 13.2. The molecule has 1 atom stereocenters. The number of aryl methyl sites for hydroxylation is 1. The van der Waals surface area contributed by atoms with E-state index in [1.54, 1.807) is 25.1 Å². The average molecular weight is 257 g/mol. The van der Waals surface area contributed by atoms with Crippen LogP contribution in [0.2, 0.25) is 0 Å². The Labute approximate surface area is 111 Å². The second-order valence-electron chi connectivity index (χ2n) is 4.74. The van der Waals surface area contributed by atoms with Crippen LogP contribution in [0.25, 0.3) is 0 Å². The van der Waals surface area contributed by atoms with Gasteiger partial charge in [0.25, 0.3) is 5.91 Å². The molecule has 0 spiro atoms. The Morgan fingerprint density at radius 2 is 2.11 bits per heavy atom. The predicted molar refractivity (Wildman–Crippen MR) is 69.9 cm³/mol. The SMILES string of the molecule is CC1=NN(C(=O)CC#N)C(O)(c2ccc(C)cc2)C1. The molecule has 0 saturated carbocycles. The van der Waals surface area contributed by atoms with Gasteiger partial charge in [-0.3, -0.25) is 4.79 Å². The monoisotopic (exact) mass is 257 g/mol. The molecule has 1 unspecified atom stereocenters. The fourth-order valence-corrected chi connectivity index (χ4v) is 2.17. The zero-order valence-corrected chi connectivity index (χ0v) is 10.9. The maximum absolute atomic E-state index is 11.9. The van der Waals surface area contributed by atoms with Crippen molar-refractivity contribution in [2.75, 3.05) is 0 Å². The summed E-state index contributed by atoms with van der Waals surface area (Å²) in [5, 5.41) is 24.5. The third-order valence-electron chi connectivity index (χ3n) is 3.10. The molecule has 98 valence electrons. The Bertz CT molecular complexity index is 571. The summed E-state index contributed by atoms with van der Waals surface area (Å²) in [5.74, 6) is -0.498. The molecule has 0 fully saturated rings. The van der Waals surface area contributed by atoms with E-state index in [0.717, 1.165) is 10.6 Å². The van der Waals surface area contributed by atoms with Crippen molar-refractivity contribution in [2.45, 2.75) is 32.4 Å². The van der Waals surface area contributed by atoms with Gasteiger partial charge in [0.15, 0.2) is 5.72 Å². The molecule has 1 N–H and O–H groups in total. The first-order chi connectivity index (χ1) is 8.97. The Morgan fingerprint density at radius 1 is 1.47 bits per heavy atom. The number of rotatable bonds is 2. The molecule has 5 heteroatoms. The van der Waals surface area contributed by atoms with E-state index in [1.807, 2.05) is 19.1 Å². The third kappa shape index (κ3) is 2.35. The van der Waals surface area contributed by atoms with Gasteiger partial charge in [-0.1, -0.05) is 29.8 Å². The van der Waals surface area contributed by atoms with Gasteiger partial charge in [0, 0.05) is 17.7 Å². The van der Waals surface area contributed by atoms with E-state index >= 15 is 0 Å². The van der Waals surface area contributed by atoms with E-state index in [9.17, 15) is 9.90 Å². The molecule has 0 aromatic heterocycles. The number of aliphatic hydroxyl groups is 1. The Morgan fingerprint density at radius 3 is 2.68 bits per heavy atom. The van der Waals surface area contributed by atoms with E-state index in [4.69, 9.17) is 5.26 Å². The number of hydrogen-bond donors (Lipinski definition) is 1. The lowest BCUT2D eigenvalue weighted by atomic mass is 9.96. The van der Waals surface area contributed by atoms with Crippen molar-refractivity contribution in [3.63, 3.8) is 0 Å². The van der Waals surface area contributed by atoms with Crippen LogP contribution in [0.1, 0.15) is 30.9 Å². The highest BCUT2D eigenvalue weighted by Crippen LogP contribution is 2.35. The summed E-state index contributed by atoms with van der Waals surface area (Å²) in [6, 6.07) is 9.07. The van der Waals surface area contributed by atoms with Gasteiger partial charge >= 0.3 is 0 Å². The highest BCUT2D eigenvalue weighted by Gasteiger charge is 2.44. The molecule has 2 rings (SSSR count). The largest absolute Gasteiger partial charge is 0.365 e. The molecule has 0 radical (unpaired) electrons. The minimum Gasteiger partial charge on any atom is -0.365 e. The first-order valence-electron chi connectivity index (χ1n) is 6.01. The quantitative estimate of drug-likeness (QED) is 0.875. The zero-order chi connectivity index (χ0) is 14.0. The lowest BCUT2D eigenvalue weighted by molar-refractivity contribution is -0.156. The summed E-state index contributed by atoms with van der Waals surface area (Å²) in [6.07, 6.45) is -0.0435. The number of amides is 1. The maximum atomic E-state index is 11.9. The highest BCUT2D eigenvalue weighted by molar-refractivity contribution is 5.89. The second kappa shape index (κ2) is 4.82. The molecule has 1 heterocycles. The Kier molecular flexibility index (Phi) is 3.36. The molecule has 1 aliphatic rings. The topological polar surface area (TPSA) is 76.7 Å². The van der Waals surface area contributed by atoms with Crippen molar-refractivity contribution in [3.8, 4) is 6.07 Å². The van der Waals surface area contributed by atoms with E-state index in [2.05, 4.69) is 5.10 Å². The highest BCUT2D eigenvalue weighted by atomic mass is 16.3. The van der Waals surface area contributed by atoms with Gasteiger partial charge in [0.1, 0.15) is 6.42 Å². The van der Waals surface area contributed by atoms with Gasteiger partial charge < -0.3 is 5.11 Å². The molecule has 0 bridgehead atoms. The number of carbonyl (C=O) groups excluding carboxylic acids is 1. The standard InChI is InChI=1S/C14H15N3O2/c1-10-3-5-12(6-4-10)14(19)9-11(2)16-17(14)13(18)7-8-15/h3-6,19H,7,9H2,1-2H3. The van der Waals surface area contributed by atoms with Gasteiger partial charge in [-0.05, 0) is 13.8 Å². The van der Waals surface area contributed by atoms with Crippen LogP contribution in [0.4, 0.5) is 0 Å². The molecule has 1 amide bonds. The lowest BCUT2D eigenvalue weighted by Crippen LogP contribution is -2.43. The van der Waals surface area contributed by atoms with Gasteiger partial charge in [-0.25, -0.2) is 0 Å². The predicted octanol–water partition coefficient (Wildman–Crippen LogP) is 1.66. The van der Waals surface area contributed by atoms with Crippen LogP contribution < -0.4 is 0 Å². The van der Waals surface area contributed by atoms with E-state index in [0.29, 0.717) is 11.3 Å². The maximum Gasteiger partial charge on any atom is 0.259 e. The second-order valence-corrected chi connectivity index (χ2v) is 4.74. The van der Waals surface area contributed by atoms with E-state index in [1.165, 1.54) is 0 Å². The number of benzene rings is 1. The molecule has 1 aliphatic heterocycles. The van der Waals surface area contributed by atoms with Crippen molar-refractivity contribution in [1.29, 1.82) is 5.26 Å². The number of nitriles is 1. The van der Waals surface area contributed by atoms with Gasteiger partial charge in [-0.2, -0.15) is 15.4 Å². The Balaban J connectivity index is 2.39.